The predicted octanol–water partition coefficient (Wildman–Crippen LogP) is 4.63. The number of rotatable bonds is 1. The second-order valence-electron chi connectivity index (χ2n) is 4.30. The first-order chi connectivity index (χ1) is 8.69. The Morgan fingerprint density at radius 2 is 1.78 bits per heavy atom. The zero-order chi connectivity index (χ0) is 12.7. The summed E-state index contributed by atoms with van der Waals surface area (Å²) < 4.78 is 11.4. The highest BCUT2D eigenvalue weighted by Gasteiger charge is 2.06. The minimum Gasteiger partial charge on any atom is -0.497 e. The zero-order valence-electron chi connectivity index (χ0n) is 10.2. The predicted molar refractivity (Wildman–Crippen MR) is 75.8 cm³/mol. The Morgan fingerprint density at radius 3 is 2.56 bits per heavy atom. The summed E-state index contributed by atoms with van der Waals surface area (Å²) in [7, 11) is 1.64. The molecule has 0 unspecified atom stereocenters. The SMILES string of the molecule is COc1ccc2c(c1)c(=S)oc1cc(C)ccc12. The van der Waals surface area contributed by atoms with E-state index in [0.29, 0.717) is 4.71 Å². The molecule has 0 aliphatic heterocycles. The van der Waals surface area contributed by atoms with Crippen LogP contribution in [0.3, 0.4) is 0 Å². The van der Waals surface area contributed by atoms with Crippen molar-refractivity contribution in [3.63, 3.8) is 0 Å². The molecule has 0 spiro atoms. The molecule has 3 heteroatoms. The molecule has 0 bridgehead atoms. The molecular formula is C15H12O2S. The Balaban J connectivity index is 2.51. The van der Waals surface area contributed by atoms with Crippen LogP contribution in [0.2, 0.25) is 0 Å². The Bertz CT molecular complexity index is 803. The van der Waals surface area contributed by atoms with E-state index in [-0.39, 0.29) is 0 Å². The number of methoxy groups -OCH3 is 1. The van der Waals surface area contributed by atoms with Crippen LogP contribution in [-0.4, -0.2) is 7.11 Å². The van der Waals surface area contributed by atoms with Crippen molar-refractivity contribution in [2.45, 2.75) is 6.92 Å². The third-order valence-corrected chi connectivity index (χ3v) is 3.38. The van der Waals surface area contributed by atoms with E-state index in [9.17, 15) is 0 Å². The number of benzene rings is 2. The molecule has 18 heavy (non-hydrogen) atoms. The number of fused-ring (bicyclic) bond motifs is 3. The van der Waals surface area contributed by atoms with Crippen LogP contribution in [0.25, 0.3) is 21.7 Å². The molecule has 0 N–H and O–H groups in total. The minimum absolute atomic E-state index is 0.502. The van der Waals surface area contributed by atoms with E-state index < -0.39 is 0 Å². The smallest absolute Gasteiger partial charge is 0.198 e. The van der Waals surface area contributed by atoms with Gasteiger partial charge in [-0.3, -0.25) is 0 Å². The van der Waals surface area contributed by atoms with Crippen molar-refractivity contribution in [3.8, 4) is 5.75 Å². The van der Waals surface area contributed by atoms with Crippen LogP contribution < -0.4 is 4.74 Å². The van der Waals surface area contributed by atoms with Crippen molar-refractivity contribution in [3.05, 3.63) is 46.7 Å². The number of hydrogen-bond donors (Lipinski definition) is 0. The van der Waals surface area contributed by atoms with Gasteiger partial charge in [0.2, 0.25) is 0 Å². The molecule has 0 saturated heterocycles. The van der Waals surface area contributed by atoms with Gasteiger partial charge in [0, 0.05) is 10.8 Å². The molecule has 0 aliphatic rings. The highest BCUT2D eigenvalue weighted by Crippen LogP contribution is 2.30. The molecule has 1 heterocycles. The summed E-state index contributed by atoms with van der Waals surface area (Å²) in [6, 6.07) is 12.0. The van der Waals surface area contributed by atoms with E-state index >= 15 is 0 Å². The van der Waals surface area contributed by atoms with Gasteiger partial charge in [0.15, 0.2) is 4.71 Å². The van der Waals surface area contributed by atoms with Gasteiger partial charge in [-0.1, -0.05) is 12.1 Å². The van der Waals surface area contributed by atoms with E-state index in [0.717, 1.165) is 33.1 Å². The number of hydrogen-bond acceptors (Lipinski definition) is 3. The lowest BCUT2D eigenvalue weighted by molar-refractivity contribution is 0.415. The highest BCUT2D eigenvalue weighted by atomic mass is 32.1. The van der Waals surface area contributed by atoms with E-state index in [1.807, 2.05) is 31.2 Å². The van der Waals surface area contributed by atoms with Crippen LogP contribution in [0.4, 0.5) is 0 Å². The normalized spacial score (nSPS) is 11.0. The van der Waals surface area contributed by atoms with Crippen molar-refractivity contribution in [1.82, 2.24) is 0 Å². The van der Waals surface area contributed by atoms with Crippen LogP contribution in [0, 0.1) is 11.6 Å². The Morgan fingerprint density at radius 1 is 1.00 bits per heavy atom. The highest BCUT2D eigenvalue weighted by molar-refractivity contribution is 7.71. The van der Waals surface area contributed by atoms with Crippen molar-refractivity contribution in [2.75, 3.05) is 7.11 Å². The molecule has 0 amide bonds. The van der Waals surface area contributed by atoms with Crippen LogP contribution in [0.15, 0.2) is 40.8 Å². The Kier molecular flexibility index (Phi) is 2.56. The second-order valence-corrected chi connectivity index (χ2v) is 4.67. The van der Waals surface area contributed by atoms with Crippen molar-refractivity contribution < 1.29 is 9.15 Å². The first kappa shape index (κ1) is 11.2. The first-order valence-electron chi connectivity index (χ1n) is 5.70. The molecule has 0 fully saturated rings. The van der Waals surface area contributed by atoms with Gasteiger partial charge in [-0.15, -0.1) is 0 Å². The van der Waals surface area contributed by atoms with Crippen LogP contribution >= 0.6 is 12.2 Å². The maximum absolute atomic E-state index is 5.71. The second kappa shape index (κ2) is 4.10. The van der Waals surface area contributed by atoms with Gasteiger partial charge in [-0.05, 0) is 54.4 Å². The molecule has 0 aliphatic carbocycles. The van der Waals surface area contributed by atoms with Gasteiger partial charge < -0.3 is 9.15 Å². The monoisotopic (exact) mass is 256 g/mol. The summed E-state index contributed by atoms with van der Waals surface area (Å²) in [6.07, 6.45) is 0. The molecule has 3 aromatic rings. The van der Waals surface area contributed by atoms with Crippen molar-refractivity contribution >= 4 is 34.0 Å². The minimum atomic E-state index is 0.502. The van der Waals surface area contributed by atoms with Gasteiger partial charge in [-0.25, -0.2) is 0 Å². The summed E-state index contributed by atoms with van der Waals surface area (Å²) >= 11 is 5.31. The fourth-order valence-corrected chi connectivity index (χ4v) is 2.40. The Labute approximate surface area is 110 Å². The third kappa shape index (κ3) is 1.68. The molecule has 90 valence electrons. The summed E-state index contributed by atoms with van der Waals surface area (Å²) in [5, 5.41) is 3.09. The maximum atomic E-state index is 5.71. The Hall–Kier alpha value is -1.87. The first-order valence-corrected chi connectivity index (χ1v) is 6.11. The fourth-order valence-electron chi connectivity index (χ4n) is 2.15. The standard InChI is InChI=1S/C15H12O2S/c1-9-3-5-12-11-6-4-10(16-2)8-13(11)15(18)17-14(12)7-9/h3-8H,1-2H3. The van der Waals surface area contributed by atoms with Crippen molar-refractivity contribution in [1.29, 1.82) is 0 Å². The molecule has 1 aromatic heterocycles. The van der Waals surface area contributed by atoms with E-state index in [1.54, 1.807) is 7.11 Å². The molecular weight excluding hydrogens is 244 g/mol. The van der Waals surface area contributed by atoms with E-state index in [2.05, 4.69) is 12.1 Å². The molecule has 2 aromatic carbocycles. The molecule has 0 saturated carbocycles. The van der Waals surface area contributed by atoms with Gasteiger partial charge in [0.1, 0.15) is 11.3 Å². The summed E-state index contributed by atoms with van der Waals surface area (Å²) in [5.41, 5.74) is 1.99. The summed E-state index contributed by atoms with van der Waals surface area (Å²) in [6.45, 7) is 2.04. The van der Waals surface area contributed by atoms with Crippen LogP contribution in [0.1, 0.15) is 5.56 Å². The van der Waals surface area contributed by atoms with Gasteiger partial charge >= 0.3 is 0 Å². The van der Waals surface area contributed by atoms with E-state index in [4.69, 9.17) is 21.4 Å². The zero-order valence-corrected chi connectivity index (χ0v) is 11.0. The summed E-state index contributed by atoms with van der Waals surface area (Å²) in [5.74, 6) is 0.787. The van der Waals surface area contributed by atoms with Crippen LogP contribution in [-0.2, 0) is 0 Å². The topological polar surface area (TPSA) is 22.4 Å². The fraction of sp³-hybridized carbons (Fsp3) is 0.133. The lowest BCUT2D eigenvalue weighted by Crippen LogP contribution is -1.85. The average Bonchev–Trinajstić information content (AvgIpc) is 2.38. The quantitative estimate of drug-likeness (QED) is 0.468. The largest absolute Gasteiger partial charge is 0.497 e. The molecule has 0 radical (unpaired) electrons. The van der Waals surface area contributed by atoms with Crippen molar-refractivity contribution in [2.24, 2.45) is 0 Å². The lowest BCUT2D eigenvalue weighted by Gasteiger charge is -2.06. The van der Waals surface area contributed by atoms with E-state index in [1.165, 1.54) is 0 Å². The number of ether oxygens (including phenoxy) is 1. The van der Waals surface area contributed by atoms with Gasteiger partial charge in [-0.2, -0.15) is 0 Å². The summed E-state index contributed by atoms with van der Waals surface area (Å²) in [4.78, 5) is 0. The maximum Gasteiger partial charge on any atom is 0.198 e. The lowest BCUT2D eigenvalue weighted by atomic mass is 10.1. The number of aryl methyl sites for hydroxylation is 1. The van der Waals surface area contributed by atoms with Gasteiger partial charge in [0.05, 0.1) is 7.11 Å². The molecule has 2 nitrogen and oxygen atoms in total. The molecule has 0 atom stereocenters. The third-order valence-electron chi connectivity index (χ3n) is 3.08. The molecule has 3 rings (SSSR count). The van der Waals surface area contributed by atoms with Gasteiger partial charge in [0.25, 0.3) is 0 Å². The average molecular weight is 256 g/mol. The van der Waals surface area contributed by atoms with Crippen LogP contribution in [0.5, 0.6) is 5.75 Å².